The van der Waals surface area contributed by atoms with Crippen LogP contribution in [0.3, 0.4) is 0 Å². The van der Waals surface area contributed by atoms with Crippen molar-refractivity contribution in [1.29, 1.82) is 0 Å². The Morgan fingerprint density at radius 2 is 1.96 bits per heavy atom. The number of nitrogens with one attached hydrogen (secondary N) is 1. The molecule has 1 aliphatic rings. The lowest BCUT2D eigenvalue weighted by molar-refractivity contribution is -0.173. The number of nitrogens with zero attached hydrogens (tertiary/aromatic N) is 2. The van der Waals surface area contributed by atoms with Gasteiger partial charge in [0.2, 0.25) is 0 Å². The summed E-state index contributed by atoms with van der Waals surface area (Å²) in [4.78, 5) is 24.7. The van der Waals surface area contributed by atoms with Crippen molar-refractivity contribution in [2.24, 2.45) is 0 Å². The average Bonchev–Trinajstić information content (AvgIpc) is 2.48. The van der Waals surface area contributed by atoms with Crippen LogP contribution in [-0.4, -0.2) is 96.8 Å². The zero-order valence-corrected chi connectivity index (χ0v) is 12.4. The highest BCUT2D eigenvalue weighted by atomic mass is 19.4. The van der Waals surface area contributed by atoms with Crippen LogP contribution >= 0.6 is 0 Å². The number of piperazine rings is 1. The summed E-state index contributed by atoms with van der Waals surface area (Å²) < 4.78 is 41.8. The molecule has 1 atom stereocenters. The van der Waals surface area contributed by atoms with Crippen LogP contribution in [0.25, 0.3) is 0 Å². The Bertz CT molecular complexity index is 408. The number of hydrogen-bond donors (Lipinski definition) is 3. The molecule has 2 amide bonds. The molecule has 1 unspecified atom stereocenters. The highest BCUT2D eigenvalue weighted by molar-refractivity contribution is 5.81. The fourth-order valence-electron chi connectivity index (χ4n) is 2.21. The summed E-state index contributed by atoms with van der Waals surface area (Å²) in [7, 11) is 0. The van der Waals surface area contributed by atoms with E-state index in [0.29, 0.717) is 13.1 Å². The monoisotopic (exact) mass is 343 g/mol. The molecule has 0 aromatic carbocycles. The molecule has 0 aromatic heterocycles. The fourth-order valence-corrected chi connectivity index (χ4v) is 2.21. The van der Waals surface area contributed by atoms with Crippen molar-refractivity contribution in [3.05, 3.63) is 0 Å². The van der Waals surface area contributed by atoms with E-state index in [-0.39, 0.29) is 39.5 Å². The maximum atomic E-state index is 12.2. The molecule has 1 rings (SSSR count). The summed E-state index contributed by atoms with van der Waals surface area (Å²) in [5.41, 5.74) is 0. The van der Waals surface area contributed by atoms with Crippen molar-refractivity contribution < 1.29 is 37.7 Å². The van der Waals surface area contributed by atoms with E-state index in [1.807, 2.05) is 0 Å². The minimum absolute atomic E-state index is 0.00648. The molecule has 23 heavy (non-hydrogen) atoms. The molecular weight excluding hydrogens is 323 g/mol. The molecule has 1 heterocycles. The first kappa shape index (κ1) is 19.5. The predicted octanol–water partition coefficient (Wildman–Crippen LogP) is -0.662. The van der Waals surface area contributed by atoms with Crippen LogP contribution < -0.4 is 5.32 Å². The lowest BCUT2D eigenvalue weighted by Crippen LogP contribution is -2.59. The van der Waals surface area contributed by atoms with Gasteiger partial charge in [-0.3, -0.25) is 9.69 Å². The first-order valence-electron chi connectivity index (χ1n) is 7.01. The van der Waals surface area contributed by atoms with E-state index in [9.17, 15) is 22.8 Å². The topological polar surface area (TPSA) is 102 Å². The average molecular weight is 343 g/mol. The van der Waals surface area contributed by atoms with Crippen LogP contribution in [0.2, 0.25) is 0 Å². The van der Waals surface area contributed by atoms with Gasteiger partial charge in [0, 0.05) is 38.8 Å². The molecule has 0 saturated carbocycles. The van der Waals surface area contributed by atoms with Gasteiger partial charge in [-0.05, 0) is 0 Å². The van der Waals surface area contributed by atoms with Gasteiger partial charge in [-0.25, -0.2) is 4.79 Å². The molecule has 0 bridgehead atoms. The smallest absolute Gasteiger partial charge is 0.465 e. The highest BCUT2D eigenvalue weighted by Crippen LogP contribution is 2.15. The molecule has 0 aliphatic carbocycles. The SMILES string of the molecule is O=C(O)N1CCN(CCOCCO)C(CNC(=O)C(F)(F)F)C1. The number of ether oxygens (including phenoxy) is 1. The van der Waals surface area contributed by atoms with Crippen molar-refractivity contribution in [3.8, 4) is 0 Å². The second-order valence-corrected chi connectivity index (χ2v) is 4.96. The van der Waals surface area contributed by atoms with Gasteiger partial charge in [0.05, 0.1) is 19.8 Å². The second kappa shape index (κ2) is 8.89. The number of rotatable bonds is 7. The van der Waals surface area contributed by atoms with E-state index >= 15 is 0 Å². The molecule has 1 aliphatic heterocycles. The Balaban J connectivity index is 2.56. The van der Waals surface area contributed by atoms with Crippen LogP contribution in [0.1, 0.15) is 0 Å². The second-order valence-electron chi connectivity index (χ2n) is 4.96. The van der Waals surface area contributed by atoms with E-state index in [1.165, 1.54) is 0 Å². The standard InChI is InChI=1S/C12H20F3N3O5/c13-12(14,15)10(20)16-7-9-8-18(11(21)22)2-1-17(9)3-5-23-6-4-19/h9,19H,1-8H2,(H,16,20)(H,21,22). The van der Waals surface area contributed by atoms with E-state index in [2.05, 4.69) is 0 Å². The maximum Gasteiger partial charge on any atom is 0.471 e. The van der Waals surface area contributed by atoms with E-state index < -0.39 is 24.2 Å². The third-order valence-electron chi connectivity index (χ3n) is 3.39. The van der Waals surface area contributed by atoms with Crippen LogP contribution in [0, 0.1) is 0 Å². The number of aliphatic hydroxyl groups is 1. The molecule has 8 nitrogen and oxygen atoms in total. The molecule has 1 fully saturated rings. The lowest BCUT2D eigenvalue weighted by atomic mass is 10.1. The van der Waals surface area contributed by atoms with Crippen molar-refractivity contribution in [3.63, 3.8) is 0 Å². The zero-order chi connectivity index (χ0) is 17.5. The number of halogens is 3. The van der Waals surface area contributed by atoms with Gasteiger partial charge in [-0.1, -0.05) is 0 Å². The number of carbonyl (C=O) groups is 2. The fraction of sp³-hybridized carbons (Fsp3) is 0.833. The Kier molecular flexibility index (Phi) is 7.52. The van der Waals surface area contributed by atoms with Crippen LogP contribution in [0.4, 0.5) is 18.0 Å². The van der Waals surface area contributed by atoms with Gasteiger partial charge in [0.1, 0.15) is 0 Å². The third kappa shape index (κ3) is 6.59. The molecule has 11 heteroatoms. The van der Waals surface area contributed by atoms with Crippen LogP contribution in [-0.2, 0) is 9.53 Å². The number of hydrogen-bond acceptors (Lipinski definition) is 5. The molecular formula is C12H20F3N3O5. The zero-order valence-electron chi connectivity index (χ0n) is 12.4. The van der Waals surface area contributed by atoms with Crippen molar-refractivity contribution in [1.82, 2.24) is 15.1 Å². The highest BCUT2D eigenvalue weighted by Gasteiger charge is 2.39. The summed E-state index contributed by atoms with van der Waals surface area (Å²) in [6.45, 7) is 0.829. The van der Waals surface area contributed by atoms with Gasteiger partial charge in [0.15, 0.2) is 0 Å². The van der Waals surface area contributed by atoms with Crippen LogP contribution in [0.15, 0.2) is 0 Å². The molecule has 0 radical (unpaired) electrons. The molecule has 3 N–H and O–H groups in total. The Morgan fingerprint density at radius 3 is 2.52 bits per heavy atom. The van der Waals surface area contributed by atoms with Gasteiger partial charge >= 0.3 is 18.2 Å². The Morgan fingerprint density at radius 1 is 1.26 bits per heavy atom. The molecule has 0 aromatic rings. The minimum atomic E-state index is -4.98. The molecule has 0 spiro atoms. The number of amides is 2. The number of carbonyl (C=O) groups excluding carboxylic acids is 1. The summed E-state index contributed by atoms with van der Waals surface area (Å²) >= 11 is 0. The molecule has 1 saturated heterocycles. The van der Waals surface area contributed by atoms with E-state index in [0.717, 1.165) is 4.90 Å². The Labute approximate surface area is 130 Å². The number of carboxylic acid groups (broad SMARTS) is 1. The predicted molar refractivity (Wildman–Crippen MR) is 71.9 cm³/mol. The Hall–Kier alpha value is -1.59. The number of aliphatic hydroxyl groups excluding tert-OH is 1. The van der Waals surface area contributed by atoms with Gasteiger partial charge in [-0.2, -0.15) is 13.2 Å². The van der Waals surface area contributed by atoms with E-state index in [1.54, 1.807) is 10.2 Å². The first-order valence-corrected chi connectivity index (χ1v) is 7.01. The largest absolute Gasteiger partial charge is 0.471 e. The summed E-state index contributed by atoms with van der Waals surface area (Å²) in [5.74, 6) is -2.05. The molecule has 134 valence electrons. The summed E-state index contributed by atoms with van der Waals surface area (Å²) in [6.07, 6.45) is -6.13. The van der Waals surface area contributed by atoms with Crippen molar-refractivity contribution in [2.75, 3.05) is 52.5 Å². The van der Waals surface area contributed by atoms with Gasteiger partial charge < -0.3 is 25.2 Å². The normalized spacial score (nSPS) is 19.7. The third-order valence-corrected chi connectivity index (χ3v) is 3.39. The summed E-state index contributed by atoms with van der Waals surface area (Å²) in [5, 5.41) is 19.4. The minimum Gasteiger partial charge on any atom is -0.465 e. The van der Waals surface area contributed by atoms with E-state index in [4.69, 9.17) is 14.9 Å². The maximum absolute atomic E-state index is 12.2. The first-order chi connectivity index (χ1) is 10.8. The number of alkyl halides is 3. The van der Waals surface area contributed by atoms with Crippen molar-refractivity contribution >= 4 is 12.0 Å². The van der Waals surface area contributed by atoms with Crippen LogP contribution in [0.5, 0.6) is 0 Å². The quantitative estimate of drug-likeness (QED) is 0.531. The van der Waals surface area contributed by atoms with Gasteiger partial charge in [-0.15, -0.1) is 0 Å². The lowest BCUT2D eigenvalue weighted by Gasteiger charge is -2.40. The van der Waals surface area contributed by atoms with Gasteiger partial charge in [0.25, 0.3) is 0 Å². The van der Waals surface area contributed by atoms with Crippen molar-refractivity contribution in [2.45, 2.75) is 12.2 Å². The summed E-state index contributed by atoms with van der Waals surface area (Å²) in [6, 6.07) is -0.580.